The fourth-order valence-electron chi connectivity index (χ4n) is 2.15. The zero-order chi connectivity index (χ0) is 14.0. The van der Waals surface area contributed by atoms with Crippen LogP contribution in [0.25, 0.3) is 0 Å². The minimum atomic E-state index is -0.238. The van der Waals surface area contributed by atoms with Crippen molar-refractivity contribution in [3.63, 3.8) is 0 Å². The van der Waals surface area contributed by atoms with Gasteiger partial charge in [-0.15, -0.1) is 0 Å². The molecule has 19 heavy (non-hydrogen) atoms. The number of esters is 1. The highest BCUT2D eigenvalue weighted by atomic mass is 16.5. The van der Waals surface area contributed by atoms with Gasteiger partial charge in [-0.3, -0.25) is 4.79 Å². The van der Waals surface area contributed by atoms with Crippen molar-refractivity contribution in [2.75, 3.05) is 23.7 Å². The Hall–Kier alpha value is -1.91. The molecular weight excluding hydrogens is 244 g/mol. The largest absolute Gasteiger partial charge is 0.487 e. The Bertz CT molecular complexity index is 474. The van der Waals surface area contributed by atoms with E-state index in [9.17, 15) is 4.79 Å². The Kier molecular flexibility index (Phi) is 3.83. The fourth-order valence-corrected chi connectivity index (χ4v) is 2.15. The Morgan fingerprint density at radius 3 is 3.00 bits per heavy atom. The summed E-state index contributed by atoms with van der Waals surface area (Å²) in [5.41, 5.74) is 7.29. The maximum atomic E-state index is 11.8. The Morgan fingerprint density at radius 2 is 2.32 bits per heavy atom. The zero-order valence-corrected chi connectivity index (χ0v) is 11.6. The van der Waals surface area contributed by atoms with Gasteiger partial charge in [-0.25, -0.2) is 0 Å². The van der Waals surface area contributed by atoms with Crippen LogP contribution in [0, 0.1) is 0 Å². The van der Waals surface area contributed by atoms with E-state index in [4.69, 9.17) is 15.2 Å². The predicted molar refractivity (Wildman–Crippen MR) is 74.4 cm³/mol. The van der Waals surface area contributed by atoms with Gasteiger partial charge in [-0.1, -0.05) is 0 Å². The van der Waals surface area contributed by atoms with Gasteiger partial charge in [-0.2, -0.15) is 0 Å². The third-order valence-electron chi connectivity index (χ3n) is 2.82. The molecule has 0 aliphatic carbocycles. The van der Waals surface area contributed by atoms with Crippen molar-refractivity contribution in [3.05, 3.63) is 18.2 Å². The second-order valence-electron chi connectivity index (χ2n) is 5.07. The first kappa shape index (κ1) is 13.5. The number of carbonyl (C=O) groups excluding carboxylic acids is 1. The monoisotopic (exact) mass is 264 g/mol. The summed E-state index contributed by atoms with van der Waals surface area (Å²) in [4.78, 5) is 13.7. The summed E-state index contributed by atoms with van der Waals surface area (Å²) in [6.07, 6.45) is -0.0748. The second kappa shape index (κ2) is 5.38. The molecule has 2 N–H and O–H groups in total. The lowest BCUT2D eigenvalue weighted by Crippen LogP contribution is -2.42. The van der Waals surface area contributed by atoms with Crippen molar-refractivity contribution >= 4 is 17.3 Å². The molecule has 0 fully saturated rings. The lowest BCUT2D eigenvalue weighted by molar-refractivity contribution is -0.145. The highest BCUT2D eigenvalue weighted by Crippen LogP contribution is 2.34. The molecule has 1 unspecified atom stereocenters. The van der Waals surface area contributed by atoms with Gasteiger partial charge in [0, 0.05) is 5.69 Å². The van der Waals surface area contributed by atoms with Crippen LogP contribution in [0.1, 0.15) is 20.8 Å². The van der Waals surface area contributed by atoms with Crippen LogP contribution >= 0.6 is 0 Å². The number of anilines is 2. The summed E-state index contributed by atoms with van der Waals surface area (Å²) in [6.45, 7) is 6.50. The van der Waals surface area contributed by atoms with Gasteiger partial charge in [0.2, 0.25) is 0 Å². The van der Waals surface area contributed by atoms with Gasteiger partial charge in [0.05, 0.1) is 18.3 Å². The van der Waals surface area contributed by atoms with E-state index in [0.29, 0.717) is 12.2 Å². The summed E-state index contributed by atoms with van der Waals surface area (Å²) in [6, 6.07) is 5.45. The highest BCUT2D eigenvalue weighted by molar-refractivity contribution is 5.78. The van der Waals surface area contributed by atoms with Crippen LogP contribution in [-0.2, 0) is 9.53 Å². The van der Waals surface area contributed by atoms with Crippen molar-refractivity contribution in [3.8, 4) is 5.75 Å². The molecule has 1 aliphatic heterocycles. The second-order valence-corrected chi connectivity index (χ2v) is 5.07. The molecule has 1 atom stereocenters. The van der Waals surface area contributed by atoms with Crippen molar-refractivity contribution in [2.24, 2.45) is 0 Å². The third kappa shape index (κ3) is 3.30. The predicted octanol–water partition coefficient (Wildman–Crippen LogP) is 1.81. The molecule has 0 bridgehead atoms. The smallest absolute Gasteiger partial charge is 0.325 e. The van der Waals surface area contributed by atoms with Crippen molar-refractivity contribution in [1.29, 1.82) is 0 Å². The molecule has 5 nitrogen and oxygen atoms in total. The topological polar surface area (TPSA) is 64.8 Å². The molecule has 1 aromatic carbocycles. The number of nitrogens with zero attached hydrogens (tertiary/aromatic N) is 1. The van der Waals surface area contributed by atoms with Gasteiger partial charge < -0.3 is 20.1 Å². The number of hydrogen-bond donors (Lipinski definition) is 1. The summed E-state index contributed by atoms with van der Waals surface area (Å²) >= 11 is 0. The number of rotatable bonds is 3. The fraction of sp³-hybridized carbons (Fsp3) is 0.500. The lowest BCUT2D eigenvalue weighted by Gasteiger charge is -2.34. The normalized spacial score (nSPS) is 17.9. The maximum Gasteiger partial charge on any atom is 0.325 e. The number of fused-ring (bicyclic) bond motifs is 1. The molecule has 1 heterocycles. The Balaban J connectivity index is 2.17. The Morgan fingerprint density at radius 1 is 1.58 bits per heavy atom. The van der Waals surface area contributed by atoms with Gasteiger partial charge in [0.1, 0.15) is 18.4 Å². The number of ether oxygens (including phenoxy) is 2. The van der Waals surface area contributed by atoms with E-state index in [1.807, 2.05) is 37.8 Å². The van der Waals surface area contributed by atoms with E-state index in [1.54, 1.807) is 6.07 Å². The first-order valence-corrected chi connectivity index (χ1v) is 6.46. The SMILES string of the molecule is CC(C)OC(=O)CN1CC(C)Oc2ccc(N)cc21. The molecule has 0 amide bonds. The van der Waals surface area contributed by atoms with Crippen molar-refractivity contribution < 1.29 is 14.3 Å². The minimum absolute atomic E-state index is 0.0305. The van der Waals surface area contributed by atoms with Crippen LogP contribution < -0.4 is 15.4 Å². The van der Waals surface area contributed by atoms with Crippen LogP contribution in [0.5, 0.6) is 5.75 Å². The number of nitrogen functional groups attached to an aromatic ring is 1. The van der Waals surface area contributed by atoms with E-state index in [2.05, 4.69) is 0 Å². The van der Waals surface area contributed by atoms with Crippen LogP contribution in [0.4, 0.5) is 11.4 Å². The molecule has 2 rings (SSSR count). The summed E-state index contributed by atoms with van der Waals surface area (Å²) < 4.78 is 10.9. The van der Waals surface area contributed by atoms with E-state index in [-0.39, 0.29) is 24.7 Å². The summed E-state index contributed by atoms with van der Waals surface area (Å²) in [5.74, 6) is 0.516. The molecular formula is C14H20N2O3. The number of carbonyl (C=O) groups is 1. The summed E-state index contributed by atoms with van der Waals surface area (Å²) in [7, 11) is 0. The van der Waals surface area contributed by atoms with Crippen molar-refractivity contribution in [1.82, 2.24) is 0 Å². The van der Waals surface area contributed by atoms with Crippen LogP contribution in [0.2, 0.25) is 0 Å². The molecule has 0 spiro atoms. The quantitative estimate of drug-likeness (QED) is 0.666. The lowest BCUT2D eigenvalue weighted by atomic mass is 10.2. The van der Waals surface area contributed by atoms with E-state index in [1.165, 1.54) is 0 Å². The number of hydrogen-bond acceptors (Lipinski definition) is 5. The minimum Gasteiger partial charge on any atom is -0.487 e. The first-order chi connectivity index (χ1) is 8.95. The van der Waals surface area contributed by atoms with Crippen LogP contribution in [0.15, 0.2) is 18.2 Å². The molecule has 0 saturated heterocycles. The van der Waals surface area contributed by atoms with Crippen LogP contribution in [-0.4, -0.2) is 31.3 Å². The van der Waals surface area contributed by atoms with E-state index in [0.717, 1.165) is 11.4 Å². The molecule has 104 valence electrons. The van der Waals surface area contributed by atoms with Gasteiger partial charge in [0.25, 0.3) is 0 Å². The highest BCUT2D eigenvalue weighted by Gasteiger charge is 2.25. The first-order valence-electron chi connectivity index (χ1n) is 6.46. The summed E-state index contributed by atoms with van der Waals surface area (Å²) in [5, 5.41) is 0. The standard InChI is InChI=1S/C14H20N2O3/c1-9(2)18-14(17)8-16-7-10(3)19-13-5-4-11(15)6-12(13)16/h4-6,9-10H,7-8,15H2,1-3H3. The van der Waals surface area contributed by atoms with Gasteiger partial charge in [0.15, 0.2) is 0 Å². The van der Waals surface area contributed by atoms with Crippen molar-refractivity contribution in [2.45, 2.75) is 33.0 Å². The van der Waals surface area contributed by atoms with Gasteiger partial charge in [-0.05, 0) is 39.0 Å². The molecule has 0 radical (unpaired) electrons. The van der Waals surface area contributed by atoms with Crippen LogP contribution in [0.3, 0.4) is 0 Å². The number of nitrogens with two attached hydrogens (primary N) is 1. The Labute approximate surface area is 113 Å². The molecule has 0 saturated carbocycles. The number of benzene rings is 1. The zero-order valence-electron chi connectivity index (χ0n) is 11.6. The van der Waals surface area contributed by atoms with E-state index >= 15 is 0 Å². The third-order valence-corrected chi connectivity index (χ3v) is 2.82. The average Bonchev–Trinajstić information content (AvgIpc) is 2.28. The van der Waals surface area contributed by atoms with Gasteiger partial charge >= 0.3 is 5.97 Å². The van der Waals surface area contributed by atoms with E-state index < -0.39 is 0 Å². The molecule has 5 heteroatoms. The molecule has 1 aliphatic rings. The maximum absolute atomic E-state index is 11.8. The molecule has 0 aromatic heterocycles. The average molecular weight is 264 g/mol. The molecule has 1 aromatic rings.